The Morgan fingerprint density at radius 1 is 1.50 bits per heavy atom. The molecule has 0 saturated carbocycles. The molecule has 0 unspecified atom stereocenters. The van der Waals surface area contributed by atoms with Crippen LogP contribution < -0.4 is 4.74 Å². The summed E-state index contributed by atoms with van der Waals surface area (Å²) in [5, 5.41) is 9.30. The number of aliphatic hydroxyl groups is 1. The number of hydrogen-bond acceptors (Lipinski definition) is 2. The van der Waals surface area contributed by atoms with Crippen LogP contribution in [0, 0.1) is 0 Å². The fraction of sp³-hybridized carbons (Fsp3) is 0.333. The summed E-state index contributed by atoms with van der Waals surface area (Å²) in [7, 11) is 1.61. The van der Waals surface area contributed by atoms with Gasteiger partial charge in [0, 0.05) is 4.47 Å². The van der Waals surface area contributed by atoms with Crippen molar-refractivity contribution in [2.75, 3.05) is 7.11 Å². The molecule has 1 rings (SSSR count). The molecular formula is C9H11BrO2. The maximum absolute atomic E-state index is 9.30. The number of ether oxygens (including phenoxy) is 1. The summed E-state index contributed by atoms with van der Waals surface area (Å²) in [6, 6.07) is 5.50. The third-order valence-corrected chi connectivity index (χ3v) is 2.34. The highest BCUT2D eigenvalue weighted by Gasteiger charge is 2.05. The zero-order valence-electron chi connectivity index (χ0n) is 7.04. The summed E-state index contributed by atoms with van der Waals surface area (Å²) in [6.07, 6.45) is -0.453. The lowest BCUT2D eigenvalue weighted by molar-refractivity contribution is 0.198. The van der Waals surface area contributed by atoms with Gasteiger partial charge in [-0.3, -0.25) is 0 Å². The average Bonchev–Trinajstić information content (AvgIpc) is 2.03. The van der Waals surface area contributed by atoms with Crippen LogP contribution in [-0.4, -0.2) is 12.2 Å². The second-order valence-corrected chi connectivity index (χ2v) is 3.42. The molecule has 0 saturated heterocycles. The standard InChI is InChI=1S/C9H11BrO2/c1-6(11)8-4-3-7(12-2)5-9(8)10/h3-6,11H,1-2H3/t6-/m1/s1. The van der Waals surface area contributed by atoms with Gasteiger partial charge in [0.1, 0.15) is 5.75 Å². The molecule has 0 aliphatic carbocycles. The Morgan fingerprint density at radius 3 is 2.58 bits per heavy atom. The predicted molar refractivity (Wildman–Crippen MR) is 51.3 cm³/mol. The summed E-state index contributed by atoms with van der Waals surface area (Å²) in [5.41, 5.74) is 0.871. The Morgan fingerprint density at radius 2 is 2.17 bits per heavy atom. The average molecular weight is 231 g/mol. The van der Waals surface area contributed by atoms with Crippen molar-refractivity contribution in [2.45, 2.75) is 13.0 Å². The number of rotatable bonds is 2. The van der Waals surface area contributed by atoms with Crippen LogP contribution in [0.2, 0.25) is 0 Å². The highest BCUT2D eigenvalue weighted by molar-refractivity contribution is 9.10. The van der Waals surface area contributed by atoms with Gasteiger partial charge in [-0.2, -0.15) is 0 Å². The van der Waals surface area contributed by atoms with E-state index in [1.54, 1.807) is 14.0 Å². The van der Waals surface area contributed by atoms with Gasteiger partial charge in [0.15, 0.2) is 0 Å². The molecule has 0 heterocycles. The van der Waals surface area contributed by atoms with Crippen molar-refractivity contribution in [3.05, 3.63) is 28.2 Å². The first-order valence-corrected chi connectivity index (χ1v) is 4.46. The molecule has 0 aliphatic heterocycles. The van der Waals surface area contributed by atoms with E-state index < -0.39 is 6.10 Å². The van der Waals surface area contributed by atoms with Crippen LogP contribution in [0.15, 0.2) is 22.7 Å². The van der Waals surface area contributed by atoms with Gasteiger partial charge in [0.25, 0.3) is 0 Å². The van der Waals surface area contributed by atoms with Gasteiger partial charge >= 0.3 is 0 Å². The van der Waals surface area contributed by atoms with E-state index in [-0.39, 0.29) is 0 Å². The van der Waals surface area contributed by atoms with Crippen molar-refractivity contribution in [1.29, 1.82) is 0 Å². The number of methoxy groups -OCH3 is 1. The van der Waals surface area contributed by atoms with Gasteiger partial charge < -0.3 is 9.84 Å². The minimum Gasteiger partial charge on any atom is -0.497 e. The number of aliphatic hydroxyl groups excluding tert-OH is 1. The van der Waals surface area contributed by atoms with E-state index in [1.807, 2.05) is 18.2 Å². The summed E-state index contributed by atoms with van der Waals surface area (Å²) in [4.78, 5) is 0. The molecule has 1 aromatic rings. The van der Waals surface area contributed by atoms with Crippen molar-refractivity contribution >= 4 is 15.9 Å². The molecule has 0 bridgehead atoms. The zero-order valence-corrected chi connectivity index (χ0v) is 8.63. The molecule has 12 heavy (non-hydrogen) atoms. The molecule has 0 fully saturated rings. The van der Waals surface area contributed by atoms with Crippen LogP contribution in [0.3, 0.4) is 0 Å². The minimum atomic E-state index is -0.453. The van der Waals surface area contributed by atoms with Gasteiger partial charge in [-0.05, 0) is 24.6 Å². The maximum atomic E-state index is 9.30. The summed E-state index contributed by atoms with van der Waals surface area (Å²) in [5.74, 6) is 0.784. The van der Waals surface area contributed by atoms with Crippen LogP contribution in [0.4, 0.5) is 0 Å². The fourth-order valence-electron chi connectivity index (χ4n) is 0.974. The van der Waals surface area contributed by atoms with Crippen LogP contribution in [0.25, 0.3) is 0 Å². The lowest BCUT2D eigenvalue weighted by Crippen LogP contribution is -1.93. The second kappa shape index (κ2) is 3.92. The number of hydrogen-bond donors (Lipinski definition) is 1. The van der Waals surface area contributed by atoms with Crippen LogP contribution in [0.5, 0.6) is 5.75 Å². The molecule has 3 heteroatoms. The molecular weight excluding hydrogens is 220 g/mol. The Bertz CT molecular complexity index is 271. The van der Waals surface area contributed by atoms with Gasteiger partial charge in [-0.15, -0.1) is 0 Å². The predicted octanol–water partition coefficient (Wildman–Crippen LogP) is 2.51. The topological polar surface area (TPSA) is 29.5 Å². The highest BCUT2D eigenvalue weighted by atomic mass is 79.9. The smallest absolute Gasteiger partial charge is 0.120 e. The Labute approximate surface area is 80.3 Å². The van der Waals surface area contributed by atoms with E-state index >= 15 is 0 Å². The van der Waals surface area contributed by atoms with Gasteiger partial charge in [-0.1, -0.05) is 22.0 Å². The monoisotopic (exact) mass is 230 g/mol. The summed E-state index contributed by atoms with van der Waals surface area (Å²) < 4.78 is 5.89. The van der Waals surface area contributed by atoms with Crippen LogP contribution in [0.1, 0.15) is 18.6 Å². The quantitative estimate of drug-likeness (QED) is 0.847. The first-order chi connectivity index (χ1) is 5.65. The van der Waals surface area contributed by atoms with E-state index in [4.69, 9.17) is 4.74 Å². The van der Waals surface area contributed by atoms with Crippen molar-refractivity contribution in [3.8, 4) is 5.75 Å². The molecule has 0 amide bonds. The first kappa shape index (κ1) is 9.55. The molecule has 2 nitrogen and oxygen atoms in total. The summed E-state index contributed by atoms with van der Waals surface area (Å²) in [6.45, 7) is 1.73. The molecule has 0 aliphatic rings. The third kappa shape index (κ3) is 1.99. The first-order valence-electron chi connectivity index (χ1n) is 3.66. The summed E-state index contributed by atoms with van der Waals surface area (Å²) >= 11 is 3.35. The molecule has 1 aromatic carbocycles. The molecule has 0 aromatic heterocycles. The molecule has 66 valence electrons. The number of benzene rings is 1. The molecule has 1 N–H and O–H groups in total. The third-order valence-electron chi connectivity index (χ3n) is 1.66. The normalized spacial score (nSPS) is 12.7. The Balaban J connectivity index is 3.03. The molecule has 0 spiro atoms. The van der Waals surface area contributed by atoms with Gasteiger partial charge in [-0.25, -0.2) is 0 Å². The van der Waals surface area contributed by atoms with Gasteiger partial charge in [0.05, 0.1) is 13.2 Å². The second-order valence-electron chi connectivity index (χ2n) is 2.56. The van der Waals surface area contributed by atoms with E-state index in [2.05, 4.69) is 15.9 Å². The lowest BCUT2D eigenvalue weighted by Gasteiger charge is -2.08. The van der Waals surface area contributed by atoms with Crippen LogP contribution >= 0.6 is 15.9 Å². The SMILES string of the molecule is COc1ccc([C@@H](C)O)c(Br)c1. The fourth-order valence-corrected chi connectivity index (χ4v) is 1.66. The van der Waals surface area contributed by atoms with Crippen molar-refractivity contribution in [1.82, 2.24) is 0 Å². The highest BCUT2D eigenvalue weighted by Crippen LogP contribution is 2.27. The lowest BCUT2D eigenvalue weighted by atomic mass is 10.1. The van der Waals surface area contributed by atoms with E-state index in [1.165, 1.54) is 0 Å². The Hall–Kier alpha value is -0.540. The minimum absolute atomic E-state index is 0.453. The maximum Gasteiger partial charge on any atom is 0.120 e. The Kier molecular flexibility index (Phi) is 3.12. The molecule has 0 radical (unpaired) electrons. The van der Waals surface area contributed by atoms with E-state index in [0.717, 1.165) is 15.8 Å². The van der Waals surface area contributed by atoms with Crippen molar-refractivity contribution in [2.24, 2.45) is 0 Å². The van der Waals surface area contributed by atoms with Crippen molar-refractivity contribution in [3.63, 3.8) is 0 Å². The van der Waals surface area contributed by atoms with E-state index in [0.29, 0.717) is 0 Å². The molecule has 1 atom stereocenters. The van der Waals surface area contributed by atoms with Crippen molar-refractivity contribution < 1.29 is 9.84 Å². The van der Waals surface area contributed by atoms with E-state index in [9.17, 15) is 5.11 Å². The zero-order chi connectivity index (χ0) is 9.14. The van der Waals surface area contributed by atoms with Gasteiger partial charge in [0.2, 0.25) is 0 Å². The number of halogens is 1. The largest absolute Gasteiger partial charge is 0.497 e. The van der Waals surface area contributed by atoms with Crippen LogP contribution in [-0.2, 0) is 0 Å².